The molecule has 0 radical (unpaired) electrons. The van der Waals surface area contributed by atoms with Crippen LogP contribution in [0.3, 0.4) is 0 Å². The standard InChI is InChI=1S/C14H14N2OS/c1-10-9-11(18)6-7-12(10)14(17)16(2)13-5-3-4-8-15-13/h3-5,7-9H,6H2,1-2H3. The Morgan fingerprint density at radius 2 is 2.22 bits per heavy atom. The van der Waals surface area contributed by atoms with E-state index in [1.54, 1.807) is 18.1 Å². The molecule has 2 rings (SSSR count). The van der Waals surface area contributed by atoms with Gasteiger partial charge in [-0.15, -0.1) is 0 Å². The van der Waals surface area contributed by atoms with Crippen molar-refractivity contribution in [2.75, 3.05) is 11.9 Å². The van der Waals surface area contributed by atoms with E-state index in [4.69, 9.17) is 12.2 Å². The fourth-order valence-electron chi connectivity index (χ4n) is 1.83. The van der Waals surface area contributed by atoms with Crippen LogP contribution in [0.2, 0.25) is 0 Å². The summed E-state index contributed by atoms with van der Waals surface area (Å²) in [5, 5.41) is 0. The zero-order valence-electron chi connectivity index (χ0n) is 10.4. The van der Waals surface area contributed by atoms with Crippen molar-refractivity contribution in [2.45, 2.75) is 13.3 Å². The van der Waals surface area contributed by atoms with Crippen molar-refractivity contribution in [1.82, 2.24) is 4.98 Å². The van der Waals surface area contributed by atoms with Crippen LogP contribution in [-0.4, -0.2) is 22.8 Å². The Morgan fingerprint density at radius 1 is 1.44 bits per heavy atom. The highest BCUT2D eigenvalue weighted by molar-refractivity contribution is 7.80. The van der Waals surface area contributed by atoms with E-state index in [0.29, 0.717) is 17.8 Å². The summed E-state index contributed by atoms with van der Waals surface area (Å²) in [6.07, 6.45) is 6.10. The van der Waals surface area contributed by atoms with Crippen molar-refractivity contribution < 1.29 is 4.79 Å². The van der Waals surface area contributed by atoms with E-state index in [9.17, 15) is 4.79 Å². The molecule has 3 nitrogen and oxygen atoms in total. The van der Waals surface area contributed by atoms with Crippen molar-refractivity contribution in [1.29, 1.82) is 0 Å². The molecule has 1 aromatic rings. The minimum Gasteiger partial charge on any atom is -0.296 e. The number of amides is 1. The fourth-order valence-corrected chi connectivity index (χ4v) is 2.09. The lowest BCUT2D eigenvalue weighted by molar-refractivity contribution is -0.114. The summed E-state index contributed by atoms with van der Waals surface area (Å²) >= 11 is 5.12. The quantitative estimate of drug-likeness (QED) is 0.765. The Bertz CT molecular complexity index is 546. The lowest BCUT2D eigenvalue weighted by Crippen LogP contribution is -2.29. The maximum Gasteiger partial charge on any atom is 0.259 e. The highest BCUT2D eigenvalue weighted by Gasteiger charge is 2.20. The average Bonchev–Trinajstić information content (AvgIpc) is 2.38. The summed E-state index contributed by atoms with van der Waals surface area (Å²) in [4.78, 5) is 18.9. The van der Waals surface area contributed by atoms with E-state index in [0.717, 1.165) is 10.4 Å². The van der Waals surface area contributed by atoms with Gasteiger partial charge in [-0.25, -0.2) is 4.98 Å². The first-order valence-electron chi connectivity index (χ1n) is 5.70. The topological polar surface area (TPSA) is 33.2 Å². The van der Waals surface area contributed by atoms with Gasteiger partial charge in [0, 0.05) is 30.1 Å². The van der Waals surface area contributed by atoms with Crippen LogP contribution in [0.4, 0.5) is 5.82 Å². The van der Waals surface area contributed by atoms with E-state index < -0.39 is 0 Å². The molecule has 1 aliphatic rings. The van der Waals surface area contributed by atoms with Gasteiger partial charge in [0.25, 0.3) is 5.91 Å². The van der Waals surface area contributed by atoms with Gasteiger partial charge in [-0.3, -0.25) is 9.69 Å². The van der Waals surface area contributed by atoms with Gasteiger partial charge in [0.05, 0.1) is 0 Å². The molecule has 4 heteroatoms. The number of allylic oxidation sites excluding steroid dienone is 2. The van der Waals surface area contributed by atoms with E-state index in [-0.39, 0.29) is 5.91 Å². The zero-order valence-corrected chi connectivity index (χ0v) is 11.2. The monoisotopic (exact) mass is 258 g/mol. The number of hydrogen-bond donors (Lipinski definition) is 0. The fraction of sp³-hybridized carbons (Fsp3) is 0.214. The first-order valence-corrected chi connectivity index (χ1v) is 6.11. The molecular weight excluding hydrogens is 244 g/mol. The number of rotatable bonds is 2. The normalized spacial score (nSPS) is 14.9. The van der Waals surface area contributed by atoms with Crippen LogP contribution in [0.1, 0.15) is 13.3 Å². The van der Waals surface area contributed by atoms with Gasteiger partial charge in [0.2, 0.25) is 0 Å². The average molecular weight is 258 g/mol. The van der Waals surface area contributed by atoms with E-state index in [1.165, 1.54) is 0 Å². The van der Waals surface area contributed by atoms with Crippen LogP contribution in [0.5, 0.6) is 0 Å². The second kappa shape index (κ2) is 5.23. The van der Waals surface area contributed by atoms with Crippen LogP contribution in [0.25, 0.3) is 0 Å². The first kappa shape index (κ1) is 12.6. The van der Waals surface area contributed by atoms with Gasteiger partial charge in [0.1, 0.15) is 5.82 Å². The van der Waals surface area contributed by atoms with Crippen LogP contribution >= 0.6 is 12.2 Å². The van der Waals surface area contributed by atoms with Crippen LogP contribution in [0.15, 0.2) is 47.7 Å². The van der Waals surface area contributed by atoms with Gasteiger partial charge < -0.3 is 0 Å². The van der Waals surface area contributed by atoms with Gasteiger partial charge >= 0.3 is 0 Å². The number of anilines is 1. The Morgan fingerprint density at radius 3 is 2.83 bits per heavy atom. The zero-order chi connectivity index (χ0) is 13.1. The Kier molecular flexibility index (Phi) is 3.67. The molecule has 18 heavy (non-hydrogen) atoms. The molecule has 0 saturated heterocycles. The summed E-state index contributed by atoms with van der Waals surface area (Å²) in [7, 11) is 1.73. The highest BCUT2D eigenvalue weighted by atomic mass is 32.1. The number of thiocarbonyl (C=S) groups is 1. The Hall–Kier alpha value is -1.81. The maximum absolute atomic E-state index is 12.3. The number of pyridine rings is 1. The molecule has 1 aliphatic carbocycles. The van der Waals surface area contributed by atoms with Crippen molar-refractivity contribution >= 4 is 28.8 Å². The molecule has 1 amide bonds. The molecule has 0 unspecified atom stereocenters. The molecule has 92 valence electrons. The molecule has 1 aromatic heterocycles. The number of likely N-dealkylation sites (N-methyl/N-ethyl adjacent to an activating group) is 1. The second-order valence-corrected chi connectivity index (χ2v) is 4.69. The minimum absolute atomic E-state index is 0.0510. The van der Waals surface area contributed by atoms with E-state index >= 15 is 0 Å². The van der Waals surface area contributed by atoms with E-state index in [2.05, 4.69) is 4.98 Å². The van der Waals surface area contributed by atoms with Crippen molar-refractivity contribution in [3.63, 3.8) is 0 Å². The second-order valence-electron chi connectivity index (χ2n) is 4.17. The predicted molar refractivity (Wildman–Crippen MR) is 76.7 cm³/mol. The maximum atomic E-state index is 12.3. The van der Waals surface area contributed by atoms with Crippen molar-refractivity contribution in [3.8, 4) is 0 Å². The van der Waals surface area contributed by atoms with Gasteiger partial charge in [-0.1, -0.05) is 24.4 Å². The van der Waals surface area contributed by atoms with Crippen LogP contribution in [-0.2, 0) is 4.79 Å². The summed E-state index contributed by atoms with van der Waals surface area (Å²) in [5.41, 5.74) is 1.62. The van der Waals surface area contributed by atoms with Gasteiger partial charge in [0.15, 0.2) is 0 Å². The molecule has 0 fully saturated rings. The predicted octanol–water partition coefficient (Wildman–Crippen LogP) is 2.69. The van der Waals surface area contributed by atoms with Crippen molar-refractivity contribution in [2.24, 2.45) is 0 Å². The summed E-state index contributed by atoms with van der Waals surface area (Å²) in [6, 6.07) is 5.50. The molecule has 0 aliphatic heterocycles. The van der Waals surface area contributed by atoms with Gasteiger partial charge in [-0.2, -0.15) is 0 Å². The number of aromatic nitrogens is 1. The Balaban J connectivity index is 2.23. The lowest BCUT2D eigenvalue weighted by Gasteiger charge is -2.20. The third kappa shape index (κ3) is 2.54. The smallest absolute Gasteiger partial charge is 0.259 e. The number of carbonyl (C=O) groups is 1. The van der Waals surface area contributed by atoms with Crippen molar-refractivity contribution in [3.05, 3.63) is 47.7 Å². The first-order chi connectivity index (χ1) is 8.59. The molecular formula is C14H14N2OS. The summed E-state index contributed by atoms with van der Waals surface area (Å²) < 4.78 is 0. The Labute approximate surface area is 112 Å². The molecule has 0 atom stereocenters. The summed E-state index contributed by atoms with van der Waals surface area (Å²) in [5.74, 6) is 0.592. The largest absolute Gasteiger partial charge is 0.296 e. The molecule has 0 N–H and O–H groups in total. The number of nitrogens with zero attached hydrogens (tertiary/aromatic N) is 2. The SMILES string of the molecule is CC1=CC(=S)CC=C1C(=O)N(C)c1ccccn1. The third-order valence-corrected chi connectivity index (χ3v) is 3.12. The number of carbonyl (C=O) groups excluding carboxylic acids is 1. The summed E-state index contributed by atoms with van der Waals surface area (Å²) in [6.45, 7) is 1.90. The lowest BCUT2D eigenvalue weighted by atomic mass is 9.98. The molecule has 0 bridgehead atoms. The minimum atomic E-state index is -0.0510. The number of hydrogen-bond acceptors (Lipinski definition) is 3. The van der Waals surface area contributed by atoms with Crippen LogP contribution < -0.4 is 4.90 Å². The molecule has 0 saturated carbocycles. The highest BCUT2D eigenvalue weighted by Crippen LogP contribution is 2.21. The van der Waals surface area contributed by atoms with Crippen LogP contribution in [0, 0.1) is 0 Å². The molecule has 0 aromatic carbocycles. The van der Waals surface area contributed by atoms with E-state index in [1.807, 2.05) is 37.3 Å². The van der Waals surface area contributed by atoms with Gasteiger partial charge in [-0.05, 0) is 30.7 Å². The molecule has 0 spiro atoms. The molecule has 1 heterocycles. The third-order valence-electron chi connectivity index (χ3n) is 2.84.